The van der Waals surface area contributed by atoms with Crippen LogP contribution in [-0.4, -0.2) is 43.9 Å². The van der Waals surface area contributed by atoms with E-state index in [1.807, 2.05) is 19.9 Å². The van der Waals surface area contributed by atoms with Gasteiger partial charge in [0.05, 0.1) is 12.5 Å². The molecule has 0 aromatic carbocycles. The molecule has 140 valence electrons. The van der Waals surface area contributed by atoms with E-state index >= 15 is 0 Å². The van der Waals surface area contributed by atoms with Crippen LogP contribution in [0.25, 0.3) is 0 Å². The van der Waals surface area contributed by atoms with E-state index in [0.717, 1.165) is 25.0 Å². The van der Waals surface area contributed by atoms with Crippen LogP contribution >= 0.6 is 0 Å². The predicted molar refractivity (Wildman–Crippen MR) is 94.9 cm³/mol. The molecule has 3 N–H and O–H groups in total. The number of imidazole rings is 1. The molecular weight excluding hydrogens is 336 g/mol. The summed E-state index contributed by atoms with van der Waals surface area (Å²) < 4.78 is 7.09. The zero-order valence-electron chi connectivity index (χ0n) is 15.2. The largest absolute Gasteiger partial charge is 0.446 e. The Labute approximate surface area is 151 Å². The van der Waals surface area contributed by atoms with Gasteiger partial charge in [0.15, 0.2) is 5.82 Å². The third-order valence-corrected chi connectivity index (χ3v) is 4.39. The third kappa shape index (κ3) is 4.22. The molecule has 1 fully saturated rings. The number of hydrogen-bond acceptors (Lipinski definition) is 5. The molecule has 0 aliphatic heterocycles. The summed E-state index contributed by atoms with van der Waals surface area (Å²) in [6.07, 6.45) is 5.04. The summed E-state index contributed by atoms with van der Waals surface area (Å²) in [6, 6.07) is 1.88. The molecule has 0 saturated heterocycles. The number of alkyl carbamates (subject to hydrolysis) is 1. The normalized spacial score (nSPS) is 19.5. The van der Waals surface area contributed by atoms with Crippen LogP contribution in [0.3, 0.4) is 0 Å². The van der Waals surface area contributed by atoms with Gasteiger partial charge < -0.3 is 19.9 Å². The second-order valence-corrected chi connectivity index (χ2v) is 6.89. The first kappa shape index (κ1) is 18.0. The number of aryl methyl sites for hydroxylation is 1. The Morgan fingerprint density at radius 3 is 2.88 bits per heavy atom. The molecule has 2 atom stereocenters. The minimum Gasteiger partial charge on any atom is -0.446 e. The van der Waals surface area contributed by atoms with Crippen molar-refractivity contribution in [3.05, 3.63) is 30.0 Å². The van der Waals surface area contributed by atoms with Crippen molar-refractivity contribution < 1.29 is 14.3 Å². The fourth-order valence-electron chi connectivity index (χ4n) is 3.12. The zero-order valence-corrected chi connectivity index (χ0v) is 15.2. The lowest BCUT2D eigenvalue weighted by atomic mass is 10.0. The number of rotatable bonds is 5. The predicted octanol–water partition coefficient (Wildman–Crippen LogP) is 2.17. The molecule has 2 heterocycles. The number of nitrogens with one attached hydrogen (secondary N) is 3. The van der Waals surface area contributed by atoms with E-state index in [1.54, 1.807) is 17.9 Å². The van der Waals surface area contributed by atoms with Gasteiger partial charge in [-0.3, -0.25) is 9.89 Å². The van der Waals surface area contributed by atoms with Crippen LogP contribution in [0.15, 0.2) is 18.6 Å². The quantitative estimate of drug-likeness (QED) is 0.756. The second-order valence-electron chi connectivity index (χ2n) is 6.89. The van der Waals surface area contributed by atoms with Crippen LogP contribution < -0.4 is 10.6 Å². The maximum absolute atomic E-state index is 12.2. The molecule has 9 nitrogen and oxygen atoms in total. The van der Waals surface area contributed by atoms with Crippen molar-refractivity contribution >= 4 is 17.8 Å². The highest BCUT2D eigenvalue weighted by molar-refractivity contribution is 6.02. The van der Waals surface area contributed by atoms with Gasteiger partial charge in [-0.1, -0.05) is 0 Å². The number of carbonyl (C=O) groups is 2. The number of amides is 2. The Hall–Kier alpha value is -2.84. The molecule has 2 aromatic heterocycles. The lowest BCUT2D eigenvalue weighted by Crippen LogP contribution is -2.33. The first-order chi connectivity index (χ1) is 12.4. The molecule has 0 spiro atoms. The smallest absolute Gasteiger partial charge is 0.407 e. The fourth-order valence-corrected chi connectivity index (χ4v) is 3.12. The van der Waals surface area contributed by atoms with Gasteiger partial charge in [-0.05, 0) is 33.1 Å². The molecule has 26 heavy (non-hydrogen) atoms. The van der Waals surface area contributed by atoms with Gasteiger partial charge in [-0.2, -0.15) is 5.10 Å². The SMILES string of the molecule is CC(C)NC(=O)OC1CCC(c2cc(NC(=O)c3cncn3C)n[nH]2)C1. The number of hydrogen-bond donors (Lipinski definition) is 3. The molecule has 2 aromatic rings. The average molecular weight is 360 g/mol. The van der Waals surface area contributed by atoms with Crippen LogP contribution in [0.1, 0.15) is 55.2 Å². The molecule has 1 aliphatic carbocycles. The van der Waals surface area contributed by atoms with Gasteiger partial charge in [0.1, 0.15) is 11.8 Å². The second kappa shape index (κ2) is 7.59. The standard InChI is InChI=1S/C17H24N6O3/c1-10(2)19-17(25)26-12-5-4-11(6-12)13-7-15(22-21-13)20-16(24)14-8-18-9-23(14)3/h7-12H,4-6H2,1-3H3,(H,19,25)(H2,20,21,22,24). The molecule has 2 amide bonds. The van der Waals surface area contributed by atoms with Gasteiger partial charge in [0, 0.05) is 30.8 Å². The molecule has 9 heteroatoms. The van der Waals surface area contributed by atoms with E-state index in [9.17, 15) is 9.59 Å². The number of anilines is 1. The van der Waals surface area contributed by atoms with E-state index in [1.165, 1.54) is 6.20 Å². The molecule has 1 aliphatic rings. The van der Waals surface area contributed by atoms with E-state index in [4.69, 9.17) is 4.74 Å². The summed E-state index contributed by atoms with van der Waals surface area (Å²) in [6.45, 7) is 3.79. The first-order valence-electron chi connectivity index (χ1n) is 8.72. The van der Waals surface area contributed by atoms with Crippen molar-refractivity contribution in [1.82, 2.24) is 25.1 Å². The van der Waals surface area contributed by atoms with E-state index in [0.29, 0.717) is 11.5 Å². The topological polar surface area (TPSA) is 114 Å². The summed E-state index contributed by atoms with van der Waals surface area (Å²) in [5.41, 5.74) is 1.39. The number of aromatic nitrogens is 4. The molecular formula is C17H24N6O3. The maximum atomic E-state index is 12.2. The van der Waals surface area contributed by atoms with E-state index in [2.05, 4.69) is 25.8 Å². The number of ether oxygens (including phenoxy) is 1. The highest BCUT2D eigenvalue weighted by atomic mass is 16.6. The number of H-pyrrole nitrogens is 1. The zero-order chi connectivity index (χ0) is 18.7. The summed E-state index contributed by atoms with van der Waals surface area (Å²) >= 11 is 0. The van der Waals surface area contributed by atoms with Gasteiger partial charge in [-0.15, -0.1) is 0 Å². The van der Waals surface area contributed by atoms with Crippen LogP contribution in [0.4, 0.5) is 10.6 Å². The molecule has 3 rings (SSSR count). The summed E-state index contributed by atoms with van der Waals surface area (Å²) in [4.78, 5) is 27.8. The Morgan fingerprint density at radius 2 is 2.19 bits per heavy atom. The van der Waals surface area contributed by atoms with Crippen LogP contribution in [-0.2, 0) is 11.8 Å². The van der Waals surface area contributed by atoms with Gasteiger partial charge >= 0.3 is 6.09 Å². The van der Waals surface area contributed by atoms with Crippen molar-refractivity contribution in [2.24, 2.45) is 7.05 Å². The Kier molecular flexibility index (Phi) is 5.24. The summed E-state index contributed by atoms with van der Waals surface area (Å²) in [7, 11) is 1.76. The van der Waals surface area contributed by atoms with Crippen LogP contribution in [0, 0.1) is 0 Å². The summed E-state index contributed by atoms with van der Waals surface area (Å²) in [5, 5.41) is 12.6. The lowest BCUT2D eigenvalue weighted by Gasteiger charge is -2.14. The highest BCUT2D eigenvalue weighted by Crippen LogP contribution is 2.35. The van der Waals surface area contributed by atoms with Crippen molar-refractivity contribution in [1.29, 1.82) is 0 Å². The molecule has 0 radical (unpaired) electrons. The Balaban J connectivity index is 1.54. The van der Waals surface area contributed by atoms with E-state index in [-0.39, 0.29) is 30.1 Å². The van der Waals surface area contributed by atoms with Crippen molar-refractivity contribution in [3.63, 3.8) is 0 Å². The monoisotopic (exact) mass is 360 g/mol. The van der Waals surface area contributed by atoms with Crippen LogP contribution in [0.2, 0.25) is 0 Å². The number of carbonyl (C=O) groups excluding carboxylic acids is 2. The van der Waals surface area contributed by atoms with Crippen molar-refractivity contribution in [2.75, 3.05) is 5.32 Å². The minimum absolute atomic E-state index is 0.0536. The van der Waals surface area contributed by atoms with Crippen molar-refractivity contribution in [2.45, 2.75) is 51.2 Å². The lowest BCUT2D eigenvalue weighted by molar-refractivity contribution is 0.0979. The average Bonchev–Trinajstić information content (AvgIpc) is 3.27. The van der Waals surface area contributed by atoms with Gasteiger partial charge in [-0.25, -0.2) is 9.78 Å². The molecule has 0 bridgehead atoms. The van der Waals surface area contributed by atoms with Crippen LogP contribution in [0.5, 0.6) is 0 Å². The maximum Gasteiger partial charge on any atom is 0.407 e. The van der Waals surface area contributed by atoms with Gasteiger partial charge in [0.2, 0.25) is 0 Å². The van der Waals surface area contributed by atoms with E-state index < -0.39 is 0 Å². The minimum atomic E-state index is -0.376. The van der Waals surface area contributed by atoms with Gasteiger partial charge in [0.25, 0.3) is 5.91 Å². The number of nitrogens with zero attached hydrogens (tertiary/aromatic N) is 3. The molecule has 2 unspecified atom stereocenters. The van der Waals surface area contributed by atoms with Crippen molar-refractivity contribution in [3.8, 4) is 0 Å². The number of aromatic amines is 1. The molecule has 1 saturated carbocycles. The first-order valence-corrected chi connectivity index (χ1v) is 8.72. The Bertz CT molecular complexity index is 781. The highest BCUT2D eigenvalue weighted by Gasteiger charge is 2.30. The Morgan fingerprint density at radius 1 is 1.38 bits per heavy atom. The fraction of sp³-hybridized carbons (Fsp3) is 0.529. The summed E-state index contributed by atoms with van der Waals surface area (Å²) in [5.74, 6) is 0.427. The third-order valence-electron chi connectivity index (χ3n) is 4.39.